The molecule has 2 amide bonds. The Morgan fingerprint density at radius 2 is 1.91 bits per heavy atom. The molecule has 5 N–H and O–H groups in total. The number of hydrogen-bond acceptors (Lipinski definition) is 8. The molecule has 0 unspecified atom stereocenters. The van der Waals surface area contributed by atoms with Gasteiger partial charge in [-0.1, -0.05) is 33.1 Å². The highest BCUT2D eigenvalue weighted by atomic mass is 16.7. The highest BCUT2D eigenvalue weighted by Crippen LogP contribution is 2.65. The zero-order valence-corrected chi connectivity index (χ0v) is 26.6. The van der Waals surface area contributed by atoms with E-state index in [2.05, 4.69) is 50.2 Å². The van der Waals surface area contributed by atoms with Crippen molar-refractivity contribution >= 4 is 24.9 Å². The number of hydrazine groups is 1. The summed E-state index contributed by atoms with van der Waals surface area (Å²) in [5.41, 5.74) is 7.47. The number of rotatable bonds is 14. The summed E-state index contributed by atoms with van der Waals surface area (Å²) in [4.78, 5) is 41.6. The van der Waals surface area contributed by atoms with Crippen LogP contribution in [-0.4, -0.2) is 66.8 Å². The summed E-state index contributed by atoms with van der Waals surface area (Å²) in [6, 6.07) is 5.77. The van der Waals surface area contributed by atoms with Crippen LogP contribution in [0.1, 0.15) is 84.0 Å². The minimum Gasteiger partial charge on any atom is -0.494 e. The fourth-order valence-electron chi connectivity index (χ4n) is 7.10. The molecule has 0 radical (unpaired) electrons. The Hall–Kier alpha value is -3.39. The average molecular weight is 615 g/mol. The van der Waals surface area contributed by atoms with E-state index in [0.29, 0.717) is 42.6 Å². The van der Waals surface area contributed by atoms with E-state index in [1.165, 1.54) is 0 Å². The van der Waals surface area contributed by atoms with Crippen molar-refractivity contribution in [2.24, 2.45) is 33.9 Å². The Morgan fingerprint density at radius 1 is 1.20 bits per heavy atom. The molecular formula is C30H47BN6O7. The van der Waals surface area contributed by atoms with Gasteiger partial charge in [0.2, 0.25) is 5.91 Å². The maximum Gasteiger partial charge on any atom is 0.481 e. The van der Waals surface area contributed by atoms with Gasteiger partial charge in [-0.25, -0.2) is 15.1 Å². The second-order valence-electron chi connectivity index (χ2n) is 13.3. The summed E-state index contributed by atoms with van der Waals surface area (Å²) >= 11 is 0. The van der Waals surface area contributed by atoms with E-state index in [-0.39, 0.29) is 42.3 Å². The Morgan fingerprint density at radius 3 is 2.52 bits per heavy atom. The number of nitrogens with two attached hydrogens (primary N) is 1. The quantitative estimate of drug-likeness (QED) is 0.0612. The number of nitro groups is 1. The molecule has 3 saturated carbocycles. The topological polar surface area (TPSA) is 179 Å². The molecule has 1 heterocycles. The van der Waals surface area contributed by atoms with Gasteiger partial charge in [0.05, 0.1) is 24.3 Å². The van der Waals surface area contributed by atoms with Crippen molar-refractivity contribution in [2.45, 2.75) is 97.3 Å². The lowest BCUT2D eigenvalue weighted by atomic mass is 9.43. The number of carbonyl (C=O) groups is 2. The minimum atomic E-state index is -0.908. The third-order valence-electron chi connectivity index (χ3n) is 9.54. The Labute approximate surface area is 259 Å². The van der Waals surface area contributed by atoms with E-state index in [1.807, 2.05) is 6.92 Å². The van der Waals surface area contributed by atoms with E-state index in [1.54, 1.807) is 29.7 Å². The molecule has 1 aromatic carbocycles. The maximum atomic E-state index is 13.8. The number of guanidine groups is 1. The highest BCUT2D eigenvalue weighted by molar-refractivity contribution is 6.48. The number of aliphatic imine (C=N–C) groups is 1. The van der Waals surface area contributed by atoms with Crippen LogP contribution >= 0.6 is 0 Å². The first-order valence-corrected chi connectivity index (χ1v) is 15.6. The number of carbonyl (C=O) groups excluding carboxylic acids is 2. The summed E-state index contributed by atoms with van der Waals surface area (Å²) in [6.07, 6.45) is 3.23. The molecule has 5 rings (SSSR count). The SMILES string of the molecule is CCOc1ccc(C(=O)N[C@@H](CCCN=C(N)N[N+](=O)[O-])C(=O)N[C@@H](CC(C)C)B2O[C@@H]3C[C@H]4C[C@H](C4(C)C)[C@]3(C)O2)cc1. The lowest BCUT2D eigenvalue weighted by molar-refractivity contribution is -0.525. The Balaban J connectivity index is 1.47. The van der Waals surface area contributed by atoms with Crippen molar-refractivity contribution in [1.29, 1.82) is 0 Å². The number of benzene rings is 1. The van der Waals surface area contributed by atoms with Crippen molar-refractivity contribution < 1.29 is 28.7 Å². The Bertz CT molecular complexity index is 1230. The predicted octanol–water partition coefficient (Wildman–Crippen LogP) is 2.86. The summed E-state index contributed by atoms with van der Waals surface area (Å²) in [5, 5.41) is 15.8. The molecule has 1 saturated heterocycles. The van der Waals surface area contributed by atoms with Gasteiger partial charge in [-0.2, -0.15) is 0 Å². The van der Waals surface area contributed by atoms with Gasteiger partial charge in [0.1, 0.15) is 11.8 Å². The fraction of sp³-hybridized carbons (Fsp3) is 0.700. The summed E-state index contributed by atoms with van der Waals surface area (Å²) in [6.45, 7) is 13.4. The van der Waals surface area contributed by atoms with Gasteiger partial charge in [0.25, 0.3) is 11.9 Å². The molecular weight excluding hydrogens is 567 g/mol. The largest absolute Gasteiger partial charge is 0.494 e. The van der Waals surface area contributed by atoms with E-state index >= 15 is 0 Å². The van der Waals surface area contributed by atoms with Crippen molar-refractivity contribution in [3.8, 4) is 5.75 Å². The van der Waals surface area contributed by atoms with Crippen LogP contribution in [0.4, 0.5) is 0 Å². The van der Waals surface area contributed by atoms with Gasteiger partial charge in [-0.3, -0.25) is 9.59 Å². The standard InChI is InChI=1S/C30H47BN6O7/c1-7-42-21-12-10-19(11-13-21)26(38)34-22(9-8-14-33-28(32)36-37(40)41)27(39)35-25(15-18(2)3)31-43-24-17-20-16-23(29(20,4)5)30(24,6)44-31/h10-13,18,20,22-25H,7-9,14-17H2,1-6H3,(H,34,38)(H,35,39)(H3,32,33,36)/t20-,22+,23-,24-,25+,30+/m1/s1. The number of ether oxygens (including phenoxy) is 1. The first-order valence-electron chi connectivity index (χ1n) is 15.6. The summed E-state index contributed by atoms with van der Waals surface area (Å²) in [5.74, 6) is 0.333. The van der Waals surface area contributed by atoms with Gasteiger partial charge in [0.15, 0.2) is 5.03 Å². The molecule has 0 aromatic heterocycles. The zero-order chi connectivity index (χ0) is 32.2. The molecule has 0 spiro atoms. The van der Waals surface area contributed by atoms with Crippen molar-refractivity contribution in [3.05, 3.63) is 39.9 Å². The first-order chi connectivity index (χ1) is 20.7. The van der Waals surface area contributed by atoms with Crippen LogP contribution in [0.2, 0.25) is 0 Å². The van der Waals surface area contributed by atoms with Gasteiger partial charge in [-0.15, -0.1) is 0 Å². The van der Waals surface area contributed by atoms with Crippen molar-refractivity contribution in [2.75, 3.05) is 13.2 Å². The highest BCUT2D eigenvalue weighted by Gasteiger charge is 2.68. The Kier molecular flexibility index (Phi) is 10.4. The van der Waals surface area contributed by atoms with Crippen molar-refractivity contribution in [3.63, 3.8) is 0 Å². The number of nitrogens with zero attached hydrogens (tertiary/aromatic N) is 2. The first kappa shape index (κ1) is 33.5. The average Bonchev–Trinajstić information content (AvgIpc) is 3.31. The molecule has 1 aromatic rings. The van der Waals surface area contributed by atoms with E-state index in [4.69, 9.17) is 19.8 Å². The third-order valence-corrected chi connectivity index (χ3v) is 9.54. The summed E-state index contributed by atoms with van der Waals surface area (Å²) < 4.78 is 18.7. The number of nitrogens with one attached hydrogen (secondary N) is 3. The monoisotopic (exact) mass is 614 g/mol. The lowest BCUT2D eigenvalue weighted by Crippen LogP contribution is -2.65. The van der Waals surface area contributed by atoms with Crippen LogP contribution in [0.15, 0.2) is 29.3 Å². The minimum absolute atomic E-state index is 0.0258. The van der Waals surface area contributed by atoms with E-state index in [0.717, 1.165) is 12.8 Å². The third kappa shape index (κ3) is 7.45. The van der Waals surface area contributed by atoms with Gasteiger partial charge >= 0.3 is 7.12 Å². The van der Waals surface area contributed by atoms with Gasteiger partial charge in [0, 0.05) is 12.1 Å². The smallest absolute Gasteiger partial charge is 0.481 e. The molecule has 14 heteroatoms. The van der Waals surface area contributed by atoms with Crippen LogP contribution in [0.25, 0.3) is 0 Å². The molecule has 4 aliphatic rings. The number of hydrogen-bond donors (Lipinski definition) is 4. The fourth-order valence-corrected chi connectivity index (χ4v) is 7.10. The van der Waals surface area contributed by atoms with Crippen LogP contribution in [0, 0.1) is 33.3 Å². The molecule has 242 valence electrons. The molecule has 2 bridgehead atoms. The normalized spacial score (nSPS) is 26.7. The molecule has 1 aliphatic heterocycles. The second-order valence-corrected chi connectivity index (χ2v) is 13.3. The number of amides is 2. The second kappa shape index (κ2) is 13.7. The molecule has 4 fully saturated rings. The lowest BCUT2D eigenvalue weighted by Gasteiger charge is -2.64. The zero-order valence-electron chi connectivity index (χ0n) is 26.6. The van der Waals surface area contributed by atoms with Gasteiger partial charge in [-0.05, 0) is 93.4 Å². The summed E-state index contributed by atoms with van der Waals surface area (Å²) in [7, 11) is -0.605. The van der Waals surface area contributed by atoms with Crippen LogP contribution in [0.5, 0.6) is 5.75 Å². The maximum absolute atomic E-state index is 13.8. The molecule has 13 nitrogen and oxygen atoms in total. The van der Waals surface area contributed by atoms with Crippen LogP contribution in [0.3, 0.4) is 0 Å². The van der Waals surface area contributed by atoms with Crippen LogP contribution in [-0.2, 0) is 14.1 Å². The molecule has 3 aliphatic carbocycles. The van der Waals surface area contributed by atoms with E-state index < -0.39 is 35.6 Å². The van der Waals surface area contributed by atoms with Crippen LogP contribution < -0.4 is 26.5 Å². The van der Waals surface area contributed by atoms with Gasteiger partial charge < -0.3 is 30.4 Å². The molecule has 6 atom stereocenters. The molecule has 44 heavy (non-hydrogen) atoms. The predicted molar refractivity (Wildman–Crippen MR) is 166 cm³/mol. The van der Waals surface area contributed by atoms with Crippen molar-refractivity contribution in [1.82, 2.24) is 16.1 Å². The van der Waals surface area contributed by atoms with E-state index in [9.17, 15) is 19.7 Å².